The summed E-state index contributed by atoms with van der Waals surface area (Å²) in [5.74, 6) is 0.620. The summed E-state index contributed by atoms with van der Waals surface area (Å²) in [4.78, 5) is 9.61. The average Bonchev–Trinajstić information content (AvgIpc) is 2.92. The van der Waals surface area contributed by atoms with Gasteiger partial charge in [0.25, 0.3) is 0 Å². The zero-order valence-electron chi connectivity index (χ0n) is 13.1. The van der Waals surface area contributed by atoms with E-state index >= 15 is 0 Å². The van der Waals surface area contributed by atoms with Crippen molar-refractivity contribution >= 4 is 5.82 Å². The molecule has 1 aromatic heterocycles. The van der Waals surface area contributed by atoms with E-state index in [2.05, 4.69) is 9.97 Å². The molecule has 0 bridgehead atoms. The molecule has 0 atom stereocenters. The second kappa shape index (κ2) is 5.49. The number of nitrogens with zero attached hydrogens (tertiary/aromatic N) is 3. The smallest absolute Gasteiger partial charge is 0.355 e. The van der Waals surface area contributed by atoms with Crippen molar-refractivity contribution < 1.29 is 26.3 Å². The summed E-state index contributed by atoms with van der Waals surface area (Å²) in [6.45, 7) is 0.153. The lowest BCUT2D eigenvalue weighted by Crippen LogP contribution is -2.51. The zero-order valence-corrected chi connectivity index (χ0v) is 13.1. The Morgan fingerprint density at radius 3 is 2.17 bits per heavy atom. The number of alkyl halides is 6. The van der Waals surface area contributed by atoms with Gasteiger partial charge in [0.1, 0.15) is 11.6 Å². The highest BCUT2D eigenvalue weighted by Gasteiger charge is 2.72. The van der Waals surface area contributed by atoms with Crippen LogP contribution in [0.3, 0.4) is 0 Å². The van der Waals surface area contributed by atoms with Crippen LogP contribution < -0.4 is 4.90 Å². The summed E-state index contributed by atoms with van der Waals surface area (Å²) in [6, 6.07) is 0. The molecule has 0 unspecified atom stereocenters. The molecule has 9 heteroatoms. The number of hydrogen-bond acceptors (Lipinski definition) is 3. The first-order valence-corrected chi connectivity index (χ1v) is 7.80. The minimum Gasteiger partial charge on any atom is -0.355 e. The Labute approximate surface area is 135 Å². The van der Waals surface area contributed by atoms with Crippen molar-refractivity contribution in [3.8, 4) is 0 Å². The minimum atomic E-state index is -5.35. The fourth-order valence-electron chi connectivity index (χ4n) is 3.57. The van der Waals surface area contributed by atoms with E-state index in [1.807, 2.05) is 0 Å². The van der Waals surface area contributed by atoms with E-state index in [-0.39, 0.29) is 12.4 Å². The molecular formula is C15H17F6N3. The molecule has 0 N–H and O–H groups in total. The summed E-state index contributed by atoms with van der Waals surface area (Å²) in [5.41, 5.74) is -2.24. The first-order valence-electron chi connectivity index (χ1n) is 7.80. The molecule has 0 spiro atoms. The molecule has 24 heavy (non-hydrogen) atoms. The topological polar surface area (TPSA) is 29.0 Å². The van der Waals surface area contributed by atoms with Gasteiger partial charge in [-0.15, -0.1) is 0 Å². The molecule has 1 fully saturated rings. The lowest BCUT2D eigenvalue weighted by molar-refractivity contribution is -0.332. The average molecular weight is 353 g/mol. The maximum Gasteiger partial charge on any atom is 0.404 e. The molecule has 1 saturated heterocycles. The molecule has 1 aromatic rings. The largest absolute Gasteiger partial charge is 0.404 e. The normalized spacial score (nSPS) is 21.0. The second-order valence-electron chi connectivity index (χ2n) is 6.48. The van der Waals surface area contributed by atoms with Crippen molar-refractivity contribution in [3.63, 3.8) is 0 Å². The molecule has 0 radical (unpaired) electrons. The van der Waals surface area contributed by atoms with E-state index in [0.29, 0.717) is 24.2 Å². The highest BCUT2D eigenvalue weighted by atomic mass is 19.4. The number of rotatable bonds is 1. The maximum absolute atomic E-state index is 13.2. The molecule has 134 valence electrons. The van der Waals surface area contributed by atoms with Crippen LogP contribution in [0.15, 0.2) is 0 Å². The van der Waals surface area contributed by atoms with Gasteiger partial charge in [-0.2, -0.15) is 26.3 Å². The second-order valence-corrected chi connectivity index (χ2v) is 6.48. The third kappa shape index (κ3) is 2.61. The van der Waals surface area contributed by atoms with Crippen LogP contribution in [-0.4, -0.2) is 35.4 Å². The quantitative estimate of drug-likeness (QED) is 0.715. The van der Waals surface area contributed by atoms with Gasteiger partial charge >= 0.3 is 12.4 Å². The van der Waals surface area contributed by atoms with E-state index in [0.717, 1.165) is 23.4 Å². The first-order chi connectivity index (χ1) is 11.1. The van der Waals surface area contributed by atoms with Gasteiger partial charge in [-0.25, -0.2) is 9.97 Å². The molecular weight excluding hydrogens is 336 g/mol. The summed E-state index contributed by atoms with van der Waals surface area (Å²) in [7, 11) is 0. The Morgan fingerprint density at radius 2 is 1.58 bits per heavy atom. The van der Waals surface area contributed by atoms with Crippen LogP contribution in [0.5, 0.6) is 0 Å². The van der Waals surface area contributed by atoms with Crippen LogP contribution in [0.25, 0.3) is 0 Å². The van der Waals surface area contributed by atoms with Crippen LogP contribution >= 0.6 is 0 Å². The van der Waals surface area contributed by atoms with Gasteiger partial charge < -0.3 is 4.90 Å². The van der Waals surface area contributed by atoms with E-state index in [4.69, 9.17) is 0 Å². The maximum atomic E-state index is 13.2. The molecule has 3 nitrogen and oxygen atoms in total. The minimum absolute atomic E-state index is 0.243. The van der Waals surface area contributed by atoms with Crippen molar-refractivity contribution in [3.05, 3.63) is 17.1 Å². The van der Waals surface area contributed by atoms with Crippen molar-refractivity contribution in [2.75, 3.05) is 18.0 Å². The predicted octanol–water partition coefficient (Wildman–Crippen LogP) is 3.98. The molecule has 1 aliphatic carbocycles. The van der Waals surface area contributed by atoms with Gasteiger partial charge in [-0.3, -0.25) is 0 Å². The Bertz CT molecular complexity index is 623. The summed E-state index contributed by atoms with van der Waals surface area (Å²) >= 11 is 0. The van der Waals surface area contributed by atoms with Crippen molar-refractivity contribution in [2.45, 2.75) is 51.4 Å². The molecule has 1 aliphatic heterocycles. The van der Waals surface area contributed by atoms with E-state index in [1.54, 1.807) is 6.92 Å². The number of aryl methyl sites for hydroxylation is 2. The van der Waals surface area contributed by atoms with Gasteiger partial charge in [0.2, 0.25) is 0 Å². The van der Waals surface area contributed by atoms with E-state index in [9.17, 15) is 26.3 Å². The monoisotopic (exact) mass is 353 g/mol. The van der Waals surface area contributed by atoms with Gasteiger partial charge in [-0.05, 0) is 39.0 Å². The SMILES string of the molecule is Cc1nc2c(c(N3CCC(C(F)(F)F)(C(F)(F)F)C3)n1)CCCC2. The van der Waals surface area contributed by atoms with E-state index < -0.39 is 30.7 Å². The predicted molar refractivity (Wildman–Crippen MR) is 74.8 cm³/mol. The molecule has 0 amide bonds. The molecule has 2 aliphatic rings. The fourth-order valence-corrected chi connectivity index (χ4v) is 3.57. The zero-order chi connectivity index (χ0) is 17.8. The third-order valence-corrected chi connectivity index (χ3v) is 4.93. The summed E-state index contributed by atoms with van der Waals surface area (Å²) in [6.07, 6.45) is -8.67. The third-order valence-electron chi connectivity index (χ3n) is 4.93. The summed E-state index contributed by atoms with van der Waals surface area (Å²) < 4.78 is 79.4. The van der Waals surface area contributed by atoms with Gasteiger partial charge in [0.05, 0.1) is 0 Å². The number of aromatic nitrogens is 2. The van der Waals surface area contributed by atoms with Crippen LogP contribution in [-0.2, 0) is 12.8 Å². The Morgan fingerprint density at radius 1 is 0.958 bits per heavy atom. The lowest BCUT2D eigenvalue weighted by atomic mass is 9.85. The van der Waals surface area contributed by atoms with Crippen LogP contribution in [0.1, 0.15) is 36.3 Å². The van der Waals surface area contributed by atoms with Crippen molar-refractivity contribution in [1.82, 2.24) is 9.97 Å². The highest BCUT2D eigenvalue weighted by molar-refractivity contribution is 5.51. The van der Waals surface area contributed by atoms with Crippen LogP contribution in [0.2, 0.25) is 0 Å². The number of anilines is 1. The Hall–Kier alpha value is -1.54. The van der Waals surface area contributed by atoms with Crippen LogP contribution in [0, 0.1) is 12.3 Å². The van der Waals surface area contributed by atoms with Crippen molar-refractivity contribution in [1.29, 1.82) is 0 Å². The van der Waals surface area contributed by atoms with Crippen molar-refractivity contribution in [2.24, 2.45) is 5.41 Å². The van der Waals surface area contributed by atoms with Gasteiger partial charge in [-0.1, -0.05) is 0 Å². The van der Waals surface area contributed by atoms with E-state index in [1.165, 1.54) is 0 Å². The Balaban J connectivity index is 2.00. The van der Waals surface area contributed by atoms with Gasteiger partial charge in [0.15, 0.2) is 5.41 Å². The highest BCUT2D eigenvalue weighted by Crippen LogP contribution is 2.56. The number of fused-ring (bicyclic) bond motifs is 1. The molecule has 3 rings (SSSR count). The Kier molecular flexibility index (Phi) is 3.95. The van der Waals surface area contributed by atoms with Gasteiger partial charge in [0, 0.05) is 24.3 Å². The first kappa shape index (κ1) is 17.3. The molecule has 0 saturated carbocycles. The molecule has 2 heterocycles. The summed E-state index contributed by atoms with van der Waals surface area (Å²) in [5, 5.41) is 0. The number of hydrogen-bond donors (Lipinski definition) is 0. The lowest BCUT2D eigenvalue weighted by Gasteiger charge is -2.34. The fraction of sp³-hybridized carbons (Fsp3) is 0.733. The van der Waals surface area contributed by atoms with Crippen LogP contribution in [0.4, 0.5) is 32.2 Å². The standard InChI is InChI=1S/C15H17F6N3/c1-9-22-11-5-3-2-4-10(11)12(23-9)24-7-6-13(8-24,14(16,17)18)15(19,20)21/h2-8H2,1H3. The molecule has 0 aromatic carbocycles. The number of halogens is 6.